The highest BCUT2D eigenvalue weighted by molar-refractivity contribution is 5.16. The lowest BCUT2D eigenvalue weighted by atomic mass is 10.0. The summed E-state index contributed by atoms with van der Waals surface area (Å²) in [5, 5.41) is 9.59. The topological polar surface area (TPSA) is 33.4 Å². The molecule has 0 radical (unpaired) electrons. The normalized spacial score (nSPS) is 29.5. The van der Waals surface area contributed by atoms with E-state index < -0.39 is 0 Å². The average Bonchev–Trinajstić information content (AvgIpc) is 2.58. The van der Waals surface area contributed by atoms with Crippen molar-refractivity contribution in [3.8, 4) is 0 Å². The summed E-state index contributed by atoms with van der Waals surface area (Å²) in [5.41, 5.74) is 1.14. The SMILES string of the molecule is Cc1coc(C2CCCC2O)c1. The second-order valence-corrected chi connectivity index (χ2v) is 3.63. The third kappa shape index (κ3) is 1.27. The van der Waals surface area contributed by atoms with Crippen LogP contribution < -0.4 is 0 Å². The zero-order chi connectivity index (χ0) is 8.55. The van der Waals surface area contributed by atoms with Gasteiger partial charge in [0.15, 0.2) is 0 Å². The van der Waals surface area contributed by atoms with Gasteiger partial charge in [0.2, 0.25) is 0 Å². The average molecular weight is 166 g/mol. The van der Waals surface area contributed by atoms with Crippen molar-refractivity contribution in [3.63, 3.8) is 0 Å². The second-order valence-electron chi connectivity index (χ2n) is 3.63. The minimum atomic E-state index is -0.185. The number of hydrogen-bond donors (Lipinski definition) is 1. The highest BCUT2D eigenvalue weighted by Crippen LogP contribution is 2.35. The summed E-state index contributed by atoms with van der Waals surface area (Å²) in [6, 6.07) is 2.03. The zero-order valence-corrected chi connectivity index (χ0v) is 7.29. The Morgan fingerprint density at radius 2 is 2.33 bits per heavy atom. The van der Waals surface area contributed by atoms with Crippen molar-refractivity contribution < 1.29 is 9.52 Å². The number of hydrogen-bond acceptors (Lipinski definition) is 2. The second kappa shape index (κ2) is 2.94. The molecule has 0 aliphatic heterocycles. The van der Waals surface area contributed by atoms with E-state index in [2.05, 4.69) is 0 Å². The van der Waals surface area contributed by atoms with Gasteiger partial charge in [-0.15, -0.1) is 0 Å². The van der Waals surface area contributed by atoms with Gasteiger partial charge in [-0.3, -0.25) is 0 Å². The molecule has 2 heteroatoms. The summed E-state index contributed by atoms with van der Waals surface area (Å²) in [6.07, 6.45) is 4.67. The van der Waals surface area contributed by atoms with E-state index in [0.29, 0.717) is 0 Å². The van der Waals surface area contributed by atoms with Crippen molar-refractivity contribution in [2.24, 2.45) is 0 Å². The summed E-state index contributed by atoms with van der Waals surface area (Å²) in [4.78, 5) is 0. The van der Waals surface area contributed by atoms with Crippen LogP contribution in [0.25, 0.3) is 0 Å². The predicted molar refractivity (Wildman–Crippen MR) is 46.0 cm³/mol. The summed E-state index contributed by atoms with van der Waals surface area (Å²) in [7, 11) is 0. The van der Waals surface area contributed by atoms with Gasteiger partial charge in [-0.05, 0) is 31.4 Å². The molecular formula is C10H14O2. The van der Waals surface area contributed by atoms with Gasteiger partial charge in [-0.2, -0.15) is 0 Å². The molecular weight excluding hydrogens is 152 g/mol. The molecule has 0 aromatic carbocycles. The van der Waals surface area contributed by atoms with Crippen molar-refractivity contribution in [2.45, 2.75) is 38.2 Å². The number of furan rings is 1. The number of rotatable bonds is 1. The molecule has 1 saturated carbocycles. The Bertz CT molecular complexity index is 265. The third-order valence-corrected chi connectivity index (χ3v) is 2.60. The van der Waals surface area contributed by atoms with Gasteiger partial charge in [-0.25, -0.2) is 0 Å². The molecule has 1 aromatic rings. The molecule has 1 heterocycles. The van der Waals surface area contributed by atoms with Crippen LogP contribution in [0.3, 0.4) is 0 Å². The molecule has 2 atom stereocenters. The van der Waals surface area contributed by atoms with Gasteiger partial charge in [0.1, 0.15) is 5.76 Å². The van der Waals surface area contributed by atoms with Crippen LogP contribution in [0.1, 0.15) is 36.5 Å². The van der Waals surface area contributed by atoms with Gasteiger partial charge in [0.25, 0.3) is 0 Å². The van der Waals surface area contributed by atoms with Crippen LogP contribution in [0.5, 0.6) is 0 Å². The van der Waals surface area contributed by atoms with Crippen LogP contribution in [0.4, 0.5) is 0 Å². The summed E-state index contributed by atoms with van der Waals surface area (Å²) >= 11 is 0. The Hall–Kier alpha value is -0.760. The monoisotopic (exact) mass is 166 g/mol. The molecule has 1 fully saturated rings. The maximum atomic E-state index is 9.59. The van der Waals surface area contributed by atoms with Gasteiger partial charge < -0.3 is 9.52 Å². The number of aliphatic hydroxyl groups excluding tert-OH is 1. The molecule has 0 spiro atoms. The number of aliphatic hydroxyl groups is 1. The molecule has 1 aromatic heterocycles. The fourth-order valence-electron chi connectivity index (χ4n) is 1.92. The van der Waals surface area contributed by atoms with Crippen molar-refractivity contribution in [1.29, 1.82) is 0 Å². The first-order valence-corrected chi connectivity index (χ1v) is 4.50. The molecule has 1 aliphatic carbocycles. The third-order valence-electron chi connectivity index (χ3n) is 2.60. The molecule has 1 aliphatic rings. The Morgan fingerprint density at radius 3 is 2.83 bits per heavy atom. The highest BCUT2D eigenvalue weighted by Gasteiger charge is 2.28. The smallest absolute Gasteiger partial charge is 0.109 e. The van der Waals surface area contributed by atoms with E-state index in [1.807, 2.05) is 13.0 Å². The molecule has 2 unspecified atom stereocenters. The van der Waals surface area contributed by atoms with Gasteiger partial charge in [-0.1, -0.05) is 6.42 Å². The van der Waals surface area contributed by atoms with Crippen molar-refractivity contribution in [3.05, 3.63) is 23.7 Å². The van der Waals surface area contributed by atoms with E-state index in [1.54, 1.807) is 6.26 Å². The van der Waals surface area contributed by atoms with E-state index in [4.69, 9.17) is 4.42 Å². The number of aryl methyl sites for hydroxylation is 1. The van der Waals surface area contributed by atoms with Gasteiger partial charge >= 0.3 is 0 Å². The fraction of sp³-hybridized carbons (Fsp3) is 0.600. The van der Waals surface area contributed by atoms with E-state index >= 15 is 0 Å². The molecule has 0 saturated heterocycles. The molecule has 2 nitrogen and oxygen atoms in total. The van der Waals surface area contributed by atoms with E-state index in [-0.39, 0.29) is 12.0 Å². The lowest BCUT2D eigenvalue weighted by Crippen LogP contribution is -2.09. The van der Waals surface area contributed by atoms with Crippen LogP contribution in [-0.2, 0) is 0 Å². The highest BCUT2D eigenvalue weighted by atomic mass is 16.3. The Kier molecular flexibility index (Phi) is 1.93. The van der Waals surface area contributed by atoms with Crippen LogP contribution in [0, 0.1) is 6.92 Å². The first-order chi connectivity index (χ1) is 5.77. The Morgan fingerprint density at radius 1 is 1.50 bits per heavy atom. The lowest BCUT2D eigenvalue weighted by molar-refractivity contribution is 0.154. The van der Waals surface area contributed by atoms with Crippen molar-refractivity contribution in [2.75, 3.05) is 0 Å². The standard InChI is InChI=1S/C10H14O2/c1-7-5-10(12-6-7)8-3-2-4-9(8)11/h5-6,8-9,11H,2-4H2,1H3. The van der Waals surface area contributed by atoms with Crippen LogP contribution in [-0.4, -0.2) is 11.2 Å². The Labute approximate surface area is 72.2 Å². The summed E-state index contributed by atoms with van der Waals surface area (Å²) in [6.45, 7) is 2.01. The van der Waals surface area contributed by atoms with Crippen LogP contribution in [0.15, 0.2) is 16.7 Å². The maximum Gasteiger partial charge on any atom is 0.109 e. The Balaban J connectivity index is 2.19. The van der Waals surface area contributed by atoms with Crippen LogP contribution in [0.2, 0.25) is 0 Å². The summed E-state index contributed by atoms with van der Waals surface area (Å²) in [5.74, 6) is 1.20. The quantitative estimate of drug-likeness (QED) is 0.694. The molecule has 2 rings (SSSR count). The van der Waals surface area contributed by atoms with Gasteiger partial charge in [0.05, 0.1) is 12.4 Å². The van der Waals surface area contributed by atoms with Crippen LogP contribution >= 0.6 is 0 Å². The molecule has 66 valence electrons. The lowest BCUT2D eigenvalue weighted by Gasteiger charge is -2.10. The largest absolute Gasteiger partial charge is 0.469 e. The van der Waals surface area contributed by atoms with E-state index in [9.17, 15) is 5.11 Å². The predicted octanol–water partition coefficient (Wildman–Crippen LogP) is 2.22. The van der Waals surface area contributed by atoms with E-state index in [1.165, 1.54) is 0 Å². The first kappa shape index (κ1) is 7.87. The van der Waals surface area contributed by atoms with Crippen molar-refractivity contribution in [1.82, 2.24) is 0 Å². The fourth-order valence-corrected chi connectivity index (χ4v) is 1.92. The first-order valence-electron chi connectivity index (χ1n) is 4.50. The molecule has 12 heavy (non-hydrogen) atoms. The summed E-state index contributed by atoms with van der Waals surface area (Å²) < 4.78 is 5.36. The van der Waals surface area contributed by atoms with E-state index in [0.717, 1.165) is 30.6 Å². The maximum absolute atomic E-state index is 9.59. The van der Waals surface area contributed by atoms with Gasteiger partial charge in [0, 0.05) is 5.92 Å². The van der Waals surface area contributed by atoms with Crippen molar-refractivity contribution >= 4 is 0 Å². The minimum absolute atomic E-state index is 0.185. The molecule has 0 amide bonds. The zero-order valence-electron chi connectivity index (χ0n) is 7.29. The minimum Gasteiger partial charge on any atom is -0.469 e. The molecule has 1 N–H and O–H groups in total. The molecule has 0 bridgehead atoms.